The number of benzene rings is 1. The Hall–Kier alpha value is -2.63. The van der Waals surface area contributed by atoms with Gasteiger partial charge in [0.1, 0.15) is 11.9 Å². The molecule has 6 heteroatoms. The van der Waals surface area contributed by atoms with E-state index in [1.807, 2.05) is 18.2 Å². The van der Waals surface area contributed by atoms with Gasteiger partial charge in [0.15, 0.2) is 0 Å². The van der Waals surface area contributed by atoms with Crippen molar-refractivity contribution in [1.82, 2.24) is 9.88 Å². The molecule has 0 bridgehead atoms. The molecule has 2 aromatic rings. The second kappa shape index (κ2) is 6.27. The topological polar surface area (TPSA) is 73.7 Å². The van der Waals surface area contributed by atoms with E-state index < -0.39 is 12.0 Å². The minimum atomic E-state index is -0.893. The van der Waals surface area contributed by atoms with Gasteiger partial charge < -0.3 is 14.9 Å². The molecule has 0 unspecified atom stereocenters. The van der Waals surface area contributed by atoms with Crippen molar-refractivity contribution in [3.63, 3.8) is 0 Å². The Kier molecular flexibility index (Phi) is 4.05. The van der Waals surface area contributed by atoms with Crippen molar-refractivity contribution >= 4 is 28.6 Å². The summed E-state index contributed by atoms with van der Waals surface area (Å²) >= 11 is 0. The fourth-order valence-corrected chi connectivity index (χ4v) is 4.41. The average Bonchev–Trinajstić information content (AvgIpc) is 3.02. The van der Waals surface area contributed by atoms with Gasteiger partial charge in [-0.3, -0.25) is 4.79 Å². The maximum atomic E-state index is 11.8. The number of carboxylic acids is 1. The van der Waals surface area contributed by atoms with Crippen LogP contribution in [0.15, 0.2) is 36.4 Å². The summed E-state index contributed by atoms with van der Waals surface area (Å²) in [5.74, 6) is -0.0710. The van der Waals surface area contributed by atoms with E-state index in [1.54, 1.807) is 0 Å². The van der Waals surface area contributed by atoms with Gasteiger partial charge in [-0.15, -0.1) is 0 Å². The number of carbonyl (C=O) groups is 2. The van der Waals surface area contributed by atoms with Crippen molar-refractivity contribution in [3.05, 3.63) is 36.4 Å². The summed E-state index contributed by atoms with van der Waals surface area (Å²) in [6, 6.07) is 11.5. The number of aliphatic carboxylic acids is 1. The van der Waals surface area contributed by atoms with Crippen molar-refractivity contribution in [1.29, 1.82) is 0 Å². The number of carboxylic acid groups (broad SMARTS) is 1. The molecule has 2 fully saturated rings. The number of aromatic nitrogens is 1. The third-order valence-electron chi connectivity index (χ3n) is 5.93. The monoisotopic (exact) mass is 353 g/mol. The number of rotatable bonds is 2. The lowest BCUT2D eigenvalue weighted by Crippen LogP contribution is -2.42. The summed E-state index contributed by atoms with van der Waals surface area (Å²) in [4.78, 5) is 31.9. The zero-order chi connectivity index (χ0) is 18.3. The summed E-state index contributed by atoms with van der Waals surface area (Å²) < 4.78 is 0. The number of nitrogens with zero attached hydrogens (tertiary/aromatic N) is 3. The van der Waals surface area contributed by atoms with Crippen molar-refractivity contribution in [2.75, 3.05) is 24.5 Å². The molecule has 2 saturated heterocycles. The third kappa shape index (κ3) is 2.89. The molecule has 2 aliphatic rings. The summed E-state index contributed by atoms with van der Waals surface area (Å²) in [6.07, 6.45) is 2.32. The number of carbonyl (C=O) groups excluding carboxylic acids is 1. The number of hydrogen-bond acceptors (Lipinski definition) is 4. The van der Waals surface area contributed by atoms with Crippen molar-refractivity contribution in [3.8, 4) is 0 Å². The molecule has 0 aliphatic carbocycles. The minimum absolute atomic E-state index is 0.0813. The average molecular weight is 353 g/mol. The SMILES string of the molecule is CC(=O)N1CC2(CCN(c3ccc4ccccc4n3)CC2)C[C@H]1C(=O)O. The van der Waals surface area contributed by atoms with Gasteiger partial charge in [-0.05, 0) is 42.9 Å². The molecule has 1 aromatic heterocycles. The van der Waals surface area contributed by atoms with Crippen LogP contribution in [0.3, 0.4) is 0 Å². The van der Waals surface area contributed by atoms with E-state index >= 15 is 0 Å². The second-order valence-electron chi connectivity index (χ2n) is 7.55. The van der Waals surface area contributed by atoms with Gasteiger partial charge >= 0.3 is 5.97 Å². The van der Waals surface area contributed by atoms with Crippen molar-refractivity contribution < 1.29 is 14.7 Å². The van der Waals surface area contributed by atoms with Crippen LogP contribution in [-0.4, -0.2) is 52.5 Å². The lowest BCUT2D eigenvalue weighted by Gasteiger charge is -2.39. The highest BCUT2D eigenvalue weighted by atomic mass is 16.4. The molecule has 136 valence electrons. The number of fused-ring (bicyclic) bond motifs is 1. The molecule has 6 nitrogen and oxygen atoms in total. The van der Waals surface area contributed by atoms with E-state index in [9.17, 15) is 14.7 Å². The maximum absolute atomic E-state index is 11.8. The van der Waals surface area contributed by atoms with E-state index in [2.05, 4.69) is 23.1 Å². The molecular weight excluding hydrogens is 330 g/mol. The molecule has 26 heavy (non-hydrogen) atoms. The molecule has 1 atom stereocenters. The quantitative estimate of drug-likeness (QED) is 0.898. The van der Waals surface area contributed by atoms with Gasteiger partial charge in [0.05, 0.1) is 5.52 Å². The Morgan fingerprint density at radius 1 is 1.15 bits per heavy atom. The normalized spacial score (nSPS) is 22.1. The Labute approximate surface area is 152 Å². The van der Waals surface area contributed by atoms with E-state index in [4.69, 9.17) is 4.98 Å². The van der Waals surface area contributed by atoms with Crippen molar-refractivity contribution in [2.45, 2.75) is 32.2 Å². The Morgan fingerprint density at radius 2 is 1.88 bits per heavy atom. The van der Waals surface area contributed by atoms with Gasteiger partial charge in [-0.2, -0.15) is 0 Å². The summed E-state index contributed by atoms with van der Waals surface area (Å²) in [5, 5.41) is 10.6. The first-order valence-electron chi connectivity index (χ1n) is 9.08. The van der Waals surface area contributed by atoms with Crippen LogP contribution in [0.4, 0.5) is 5.82 Å². The van der Waals surface area contributed by atoms with Crippen LogP contribution < -0.4 is 4.90 Å². The number of anilines is 1. The van der Waals surface area contributed by atoms with Crippen LogP contribution in [0.2, 0.25) is 0 Å². The zero-order valence-electron chi connectivity index (χ0n) is 14.9. The lowest BCUT2D eigenvalue weighted by atomic mass is 9.76. The van der Waals surface area contributed by atoms with E-state index in [0.29, 0.717) is 13.0 Å². The molecule has 1 aromatic carbocycles. The largest absolute Gasteiger partial charge is 0.480 e. The lowest BCUT2D eigenvalue weighted by molar-refractivity contribution is -0.147. The first-order chi connectivity index (χ1) is 12.5. The number of piperidine rings is 1. The first kappa shape index (κ1) is 16.8. The number of pyridine rings is 1. The molecule has 1 N–H and O–H groups in total. The minimum Gasteiger partial charge on any atom is -0.480 e. The Balaban J connectivity index is 1.50. The van der Waals surface area contributed by atoms with Gasteiger partial charge in [0.2, 0.25) is 5.91 Å². The Bertz CT molecular complexity index is 834. The molecule has 0 radical (unpaired) electrons. The van der Waals surface area contributed by atoms with Gasteiger partial charge in [-0.25, -0.2) is 9.78 Å². The van der Waals surface area contributed by atoms with Crippen LogP contribution in [0.1, 0.15) is 26.2 Å². The highest BCUT2D eigenvalue weighted by Crippen LogP contribution is 2.44. The predicted molar refractivity (Wildman–Crippen MR) is 99.1 cm³/mol. The highest BCUT2D eigenvalue weighted by molar-refractivity contribution is 5.83. The smallest absolute Gasteiger partial charge is 0.326 e. The van der Waals surface area contributed by atoms with Gasteiger partial charge in [0.25, 0.3) is 0 Å². The highest BCUT2D eigenvalue weighted by Gasteiger charge is 2.49. The predicted octanol–water partition coefficient (Wildman–Crippen LogP) is 2.53. The van der Waals surface area contributed by atoms with Crippen LogP contribution in [0.5, 0.6) is 0 Å². The zero-order valence-corrected chi connectivity index (χ0v) is 14.9. The number of hydrogen-bond donors (Lipinski definition) is 1. The van der Waals surface area contributed by atoms with E-state index in [-0.39, 0.29) is 11.3 Å². The molecule has 1 spiro atoms. The van der Waals surface area contributed by atoms with Crippen LogP contribution >= 0.6 is 0 Å². The maximum Gasteiger partial charge on any atom is 0.326 e. The first-order valence-corrected chi connectivity index (χ1v) is 9.08. The molecule has 4 rings (SSSR count). The van der Waals surface area contributed by atoms with Crippen LogP contribution in [0, 0.1) is 5.41 Å². The standard InChI is InChI=1S/C20H23N3O3/c1-14(24)23-13-20(12-17(23)19(25)26)8-10-22(11-9-20)18-7-6-15-4-2-3-5-16(15)21-18/h2-7,17H,8-13H2,1H3,(H,25,26)/t17-/m0/s1. The molecule has 1 amide bonds. The van der Waals surface area contributed by atoms with Gasteiger partial charge in [-0.1, -0.05) is 18.2 Å². The Morgan fingerprint density at radius 3 is 2.54 bits per heavy atom. The van der Waals surface area contributed by atoms with Crippen molar-refractivity contribution in [2.24, 2.45) is 5.41 Å². The summed E-state index contributed by atoms with van der Waals surface area (Å²) in [7, 11) is 0. The van der Waals surface area contributed by atoms with Crippen LogP contribution in [-0.2, 0) is 9.59 Å². The molecule has 3 heterocycles. The number of para-hydroxylation sites is 1. The number of amides is 1. The van der Waals surface area contributed by atoms with Crippen LogP contribution in [0.25, 0.3) is 10.9 Å². The molecule has 0 saturated carbocycles. The molecular formula is C20H23N3O3. The third-order valence-corrected chi connectivity index (χ3v) is 5.93. The van der Waals surface area contributed by atoms with E-state index in [1.165, 1.54) is 11.8 Å². The fourth-order valence-electron chi connectivity index (χ4n) is 4.41. The summed E-state index contributed by atoms with van der Waals surface area (Å²) in [5.41, 5.74) is 0.905. The number of likely N-dealkylation sites (tertiary alicyclic amines) is 1. The molecule has 2 aliphatic heterocycles. The summed E-state index contributed by atoms with van der Waals surface area (Å²) in [6.45, 7) is 3.69. The second-order valence-corrected chi connectivity index (χ2v) is 7.55. The van der Waals surface area contributed by atoms with E-state index in [0.717, 1.165) is 42.7 Å². The van der Waals surface area contributed by atoms with Gasteiger partial charge in [0, 0.05) is 31.9 Å². The fraction of sp³-hybridized carbons (Fsp3) is 0.450.